The molecule has 0 spiro atoms. The van der Waals surface area contributed by atoms with Crippen LogP contribution in [0.5, 0.6) is 0 Å². The van der Waals surface area contributed by atoms with Crippen molar-refractivity contribution in [2.75, 3.05) is 9.80 Å². The van der Waals surface area contributed by atoms with E-state index < -0.39 is 0 Å². The van der Waals surface area contributed by atoms with E-state index in [0.29, 0.717) is 0 Å². The van der Waals surface area contributed by atoms with Crippen LogP contribution < -0.4 is 26.2 Å². The second kappa shape index (κ2) is 15.4. The summed E-state index contributed by atoms with van der Waals surface area (Å²) in [6.45, 7) is 0.0223. The molecule has 294 valence electrons. The van der Waals surface area contributed by atoms with Gasteiger partial charge in [0.2, 0.25) is 0 Å². The Hall–Kier alpha value is -8.14. The van der Waals surface area contributed by atoms with Gasteiger partial charge in [0.1, 0.15) is 0 Å². The molecule has 10 aromatic carbocycles. The van der Waals surface area contributed by atoms with E-state index in [2.05, 4.69) is 259 Å². The molecule has 2 aliphatic rings. The minimum atomic E-state index is 0.0223. The lowest BCUT2D eigenvalue weighted by molar-refractivity contribution is 1.25. The zero-order valence-corrected chi connectivity index (χ0v) is 34.6. The first kappa shape index (κ1) is 36.7. The molecular formula is C60H41BN2. The maximum atomic E-state index is 2.53. The molecule has 0 radical (unpaired) electrons. The summed E-state index contributed by atoms with van der Waals surface area (Å²) in [6.07, 6.45) is 0. The van der Waals surface area contributed by atoms with Crippen molar-refractivity contribution in [3.8, 4) is 55.6 Å². The molecule has 2 nitrogen and oxygen atoms in total. The number of benzene rings is 10. The zero-order valence-electron chi connectivity index (χ0n) is 34.6. The van der Waals surface area contributed by atoms with E-state index in [1.54, 1.807) is 0 Å². The standard InChI is InChI=1S/C60H41BN2/c1-6-20-42(21-7-1)47-38-58-60-59(39-47)63(49-35-37-51(44-24-10-3-11-25-44)53(41-49)46-28-14-5-15-29-46)57-33-19-17-31-55(57)61(60)54-30-16-18-32-56(54)62(58)48-34-36-50(43-22-8-2-9-23-43)52(40-48)45-26-12-4-13-27-45/h1-41H. The first-order valence-corrected chi connectivity index (χ1v) is 21.8. The Kier molecular flexibility index (Phi) is 8.97. The van der Waals surface area contributed by atoms with Crippen LogP contribution >= 0.6 is 0 Å². The Morgan fingerprint density at radius 2 is 0.571 bits per heavy atom. The van der Waals surface area contributed by atoms with E-state index in [1.807, 2.05) is 0 Å². The number of para-hydroxylation sites is 2. The van der Waals surface area contributed by atoms with Gasteiger partial charge in [0, 0.05) is 34.1 Å². The van der Waals surface area contributed by atoms with Crippen molar-refractivity contribution in [2.24, 2.45) is 0 Å². The summed E-state index contributed by atoms with van der Waals surface area (Å²) < 4.78 is 0. The predicted octanol–water partition coefficient (Wildman–Crippen LogP) is 14.1. The van der Waals surface area contributed by atoms with Crippen molar-refractivity contribution in [1.82, 2.24) is 0 Å². The Labute approximate surface area is 369 Å². The number of fused-ring (bicyclic) bond motifs is 4. The quantitative estimate of drug-likeness (QED) is 0.148. The number of hydrogen-bond acceptors (Lipinski definition) is 2. The lowest BCUT2D eigenvalue weighted by atomic mass is 9.33. The third-order valence-electron chi connectivity index (χ3n) is 12.9. The highest BCUT2D eigenvalue weighted by atomic mass is 15.2. The minimum Gasteiger partial charge on any atom is -0.311 e. The lowest BCUT2D eigenvalue weighted by Crippen LogP contribution is -2.61. The summed E-state index contributed by atoms with van der Waals surface area (Å²) in [7, 11) is 0. The summed E-state index contributed by atoms with van der Waals surface area (Å²) in [5.74, 6) is 0. The van der Waals surface area contributed by atoms with Crippen LogP contribution in [0.2, 0.25) is 0 Å². The van der Waals surface area contributed by atoms with Gasteiger partial charge in [-0.1, -0.05) is 200 Å². The van der Waals surface area contributed by atoms with Crippen LogP contribution in [0.4, 0.5) is 34.1 Å². The molecular weight excluding hydrogens is 759 g/mol. The van der Waals surface area contributed by atoms with Crippen molar-refractivity contribution in [3.63, 3.8) is 0 Å². The van der Waals surface area contributed by atoms with E-state index in [9.17, 15) is 0 Å². The molecule has 0 saturated heterocycles. The van der Waals surface area contributed by atoms with Gasteiger partial charge in [-0.05, 0) is 121 Å². The van der Waals surface area contributed by atoms with Crippen molar-refractivity contribution >= 4 is 57.2 Å². The average Bonchev–Trinajstić information content (AvgIpc) is 3.37. The largest absolute Gasteiger partial charge is 0.311 e. The highest BCUT2D eigenvalue weighted by Crippen LogP contribution is 2.48. The van der Waals surface area contributed by atoms with Crippen LogP contribution in [0.1, 0.15) is 0 Å². The lowest BCUT2D eigenvalue weighted by Gasteiger charge is -2.44. The van der Waals surface area contributed by atoms with Crippen molar-refractivity contribution in [2.45, 2.75) is 0 Å². The van der Waals surface area contributed by atoms with Crippen LogP contribution in [0, 0.1) is 0 Å². The van der Waals surface area contributed by atoms with Crippen LogP contribution in [0.25, 0.3) is 55.6 Å². The molecule has 0 N–H and O–H groups in total. The molecule has 0 fully saturated rings. The number of rotatable bonds is 7. The SMILES string of the molecule is c1ccc(-c2cc3c4c(c2)N(c2ccc(-c5ccccc5)c(-c5ccccc5)c2)c2ccccc2B4c2ccccc2N3c2ccc(-c3ccccc3)c(-c3ccccc3)c2)cc1. The molecule has 0 bridgehead atoms. The molecule has 10 aromatic rings. The minimum absolute atomic E-state index is 0.0223. The Morgan fingerprint density at radius 3 is 0.968 bits per heavy atom. The van der Waals surface area contributed by atoms with Crippen LogP contribution in [0.15, 0.2) is 249 Å². The molecule has 0 saturated carbocycles. The first-order valence-electron chi connectivity index (χ1n) is 21.8. The van der Waals surface area contributed by atoms with Gasteiger partial charge in [-0.3, -0.25) is 0 Å². The van der Waals surface area contributed by atoms with E-state index in [4.69, 9.17) is 0 Å². The van der Waals surface area contributed by atoms with Gasteiger partial charge in [-0.15, -0.1) is 0 Å². The molecule has 0 unspecified atom stereocenters. The fourth-order valence-corrected chi connectivity index (χ4v) is 10.0. The zero-order chi connectivity index (χ0) is 41.7. The van der Waals surface area contributed by atoms with Gasteiger partial charge in [0.05, 0.1) is 0 Å². The second-order valence-electron chi connectivity index (χ2n) is 16.4. The monoisotopic (exact) mass is 800 g/mol. The molecule has 2 heterocycles. The normalized spacial score (nSPS) is 12.3. The smallest absolute Gasteiger partial charge is 0.252 e. The molecule has 0 aliphatic carbocycles. The summed E-state index contributed by atoms with van der Waals surface area (Å²) in [4.78, 5) is 5.05. The van der Waals surface area contributed by atoms with Crippen molar-refractivity contribution in [1.29, 1.82) is 0 Å². The highest BCUT2D eigenvalue weighted by Gasteiger charge is 2.43. The summed E-state index contributed by atoms with van der Waals surface area (Å²) in [5, 5.41) is 0. The van der Waals surface area contributed by atoms with E-state index >= 15 is 0 Å². The second-order valence-corrected chi connectivity index (χ2v) is 16.4. The third-order valence-corrected chi connectivity index (χ3v) is 12.9. The number of anilines is 6. The molecule has 12 rings (SSSR count). The van der Waals surface area contributed by atoms with Crippen LogP contribution in [-0.4, -0.2) is 6.71 Å². The van der Waals surface area contributed by atoms with Gasteiger partial charge in [0.25, 0.3) is 6.71 Å². The average molecular weight is 801 g/mol. The van der Waals surface area contributed by atoms with Gasteiger partial charge in [-0.2, -0.15) is 0 Å². The molecule has 0 atom stereocenters. The number of hydrogen-bond donors (Lipinski definition) is 0. The van der Waals surface area contributed by atoms with E-state index in [0.717, 1.165) is 11.4 Å². The number of nitrogens with zero attached hydrogens (tertiary/aromatic N) is 2. The fraction of sp³-hybridized carbons (Fsp3) is 0. The van der Waals surface area contributed by atoms with E-state index in [1.165, 1.54) is 94.8 Å². The van der Waals surface area contributed by atoms with Gasteiger partial charge in [-0.25, -0.2) is 0 Å². The van der Waals surface area contributed by atoms with Gasteiger partial charge in [0.15, 0.2) is 0 Å². The van der Waals surface area contributed by atoms with Crippen molar-refractivity contribution in [3.05, 3.63) is 249 Å². The Morgan fingerprint density at radius 1 is 0.238 bits per heavy atom. The summed E-state index contributed by atoms with van der Waals surface area (Å²) in [6, 6.07) is 91.1. The Balaban J connectivity index is 1.14. The maximum Gasteiger partial charge on any atom is 0.252 e. The van der Waals surface area contributed by atoms with Crippen LogP contribution in [0.3, 0.4) is 0 Å². The molecule has 0 amide bonds. The summed E-state index contributed by atoms with van der Waals surface area (Å²) in [5.41, 5.74) is 22.8. The molecule has 0 aromatic heterocycles. The molecule has 2 aliphatic heterocycles. The maximum absolute atomic E-state index is 2.53. The van der Waals surface area contributed by atoms with Crippen LogP contribution in [-0.2, 0) is 0 Å². The summed E-state index contributed by atoms with van der Waals surface area (Å²) >= 11 is 0. The molecule has 3 heteroatoms. The van der Waals surface area contributed by atoms with Gasteiger partial charge < -0.3 is 9.80 Å². The fourth-order valence-electron chi connectivity index (χ4n) is 10.0. The highest BCUT2D eigenvalue weighted by molar-refractivity contribution is 7.00. The van der Waals surface area contributed by atoms with E-state index in [-0.39, 0.29) is 6.71 Å². The molecule has 63 heavy (non-hydrogen) atoms. The Bertz CT molecular complexity index is 3080. The third kappa shape index (κ3) is 6.28. The van der Waals surface area contributed by atoms with Gasteiger partial charge >= 0.3 is 0 Å². The topological polar surface area (TPSA) is 6.48 Å². The first-order chi connectivity index (χ1) is 31.3. The predicted molar refractivity (Wildman–Crippen MR) is 268 cm³/mol. The van der Waals surface area contributed by atoms with Crippen molar-refractivity contribution < 1.29 is 0 Å².